The monoisotopic (exact) mass is 1440 g/mol. The highest BCUT2D eigenvalue weighted by molar-refractivity contribution is 7.85. The zero-order valence-electron chi connectivity index (χ0n) is 56.9. The number of amides is 15. The first-order valence-corrected chi connectivity index (χ1v) is 34.0. The van der Waals surface area contributed by atoms with Crippen LogP contribution in [0.15, 0.2) is 47.5 Å². The van der Waals surface area contributed by atoms with Crippen LogP contribution in [0.5, 0.6) is 5.75 Å². The molecular weight excluding hydrogens is 1350 g/mol. The number of primary amides is 2. The average Bonchev–Trinajstić information content (AvgIpc) is 1.64. The predicted octanol–water partition coefficient (Wildman–Crippen LogP) is -5.07. The third-order valence-corrected chi connectivity index (χ3v) is 18.8. The van der Waals surface area contributed by atoms with Gasteiger partial charge in [-0.05, 0) is 60.1 Å². The van der Waals surface area contributed by atoms with Crippen molar-refractivity contribution in [2.24, 2.45) is 35.0 Å². The number of aromatic nitrogens is 1. The van der Waals surface area contributed by atoms with E-state index in [0.717, 1.165) is 9.80 Å². The van der Waals surface area contributed by atoms with Crippen LogP contribution >= 0.6 is 0 Å². The van der Waals surface area contributed by atoms with E-state index in [1.165, 1.54) is 44.1 Å². The van der Waals surface area contributed by atoms with Gasteiger partial charge in [-0.15, -0.1) is 0 Å². The zero-order chi connectivity index (χ0) is 74.7. The number of carbonyl (C=O) groups excluding carboxylic acids is 14. The number of nitrogens with one attached hydrogen (secondary N) is 11. The molecule has 0 spiro atoms. The Morgan fingerprint density at radius 2 is 1.44 bits per heavy atom. The van der Waals surface area contributed by atoms with Crippen LogP contribution in [0.25, 0.3) is 10.9 Å². The molecule has 15 amide bonds. The Balaban J connectivity index is 1.28. The Labute approximate surface area is 582 Å². The lowest BCUT2D eigenvalue weighted by molar-refractivity contribution is -0.144. The molecule has 3 aliphatic heterocycles. The van der Waals surface area contributed by atoms with Crippen LogP contribution in [0.3, 0.4) is 0 Å². The van der Waals surface area contributed by atoms with Crippen molar-refractivity contribution < 1.29 is 96.1 Å². The van der Waals surface area contributed by atoms with E-state index in [9.17, 15) is 82.4 Å². The number of ether oxygens (including phenoxy) is 2. The zero-order valence-corrected chi connectivity index (χ0v) is 57.7. The van der Waals surface area contributed by atoms with Gasteiger partial charge >= 0.3 is 18.2 Å². The minimum Gasteiger partial charge on any atom is -0.445 e. The Hall–Kier alpha value is -10.0. The third-order valence-electron chi connectivity index (χ3n) is 17.3. The molecule has 1 saturated heterocycles. The summed E-state index contributed by atoms with van der Waals surface area (Å²) in [6.45, 7) is 4.67. The highest BCUT2D eigenvalue weighted by atomic mass is 32.2. The topological polar surface area (TPSA) is 559 Å². The molecule has 2 aromatic carbocycles. The molecule has 38 heteroatoms. The molecule has 4 heterocycles. The number of aliphatic hydroxyl groups excluding tert-OH is 3. The van der Waals surface area contributed by atoms with Gasteiger partial charge < -0.3 is 115 Å². The van der Waals surface area contributed by atoms with Gasteiger partial charge in [-0.2, -0.15) is 0 Å². The first-order chi connectivity index (χ1) is 47.7. The lowest BCUT2D eigenvalue weighted by atomic mass is 9.93. The third kappa shape index (κ3) is 22.5. The van der Waals surface area contributed by atoms with Crippen LogP contribution in [0.4, 0.5) is 20.1 Å². The fraction of sp³-hybridized carbons (Fsp3) is 0.556. The number of hydrogen-bond donors (Lipinski definition) is 17. The predicted molar refractivity (Wildman–Crippen MR) is 359 cm³/mol. The number of nitrogens with zero attached hydrogens (tertiary/aromatic N) is 3. The molecule has 3 aromatic rings. The first kappa shape index (κ1) is 79.9. The molecule has 6 rings (SSSR count). The number of fused-ring (bicyclic) bond motifs is 5. The van der Waals surface area contributed by atoms with Crippen molar-refractivity contribution in [1.29, 1.82) is 0 Å². The smallest absolute Gasteiger partial charge is 0.415 e. The summed E-state index contributed by atoms with van der Waals surface area (Å²) in [5.41, 5.74) is 17.6. The molecule has 20 N–H and O–H groups in total. The highest BCUT2D eigenvalue weighted by Gasteiger charge is 2.45. The van der Waals surface area contributed by atoms with Gasteiger partial charge in [-0.1, -0.05) is 53.2 Å². The van der Waals surface area contributed by atoms with E-state index in [4.69, 9.17) is 26.7 Å². The Kier molecular flexibility index (Phi) is 29.2. The number of aromatic amines is 1. The van der Waals surface area contributed by atoms with Crippen LogP contribution in [-0.4, -0.2) is 249 Å². The summed E-state index contributed by atoms with van der Waals surface area (Å²) in [5.74, 6) is -14.1. The SMILES string of the molecule is CC[C@H](C)[C@@H]1NC(=O)CNC(=O)[C@H]2Cc3c([nH]c4cc(OC(=O)N(C)CCN(C)C(=O)OCc5ccc(NC(=O)C(CCCNC(N)=O)NC(=O)[C@@H](N)C(C)C)cc5)ccc34)[S@](=O)C[C@H](NC(=O)CNC1=O)C(=O)N[C@@H](CC(N)=O)C(=O)N1C[C@H](O)C[C@H]1C(=O)N[C@@H]([C@@H](C)[C@@H](O)CO)C(=O)N2. The minimum atomic E-state index is -2.55. The van der Waals surface area contributed by atoms with Gasteiger partial charge in [0.05, 0.1) is 66.4 Å². The summed E-state index contributed by atoms with van der Waals surface area (Å²) in [6, 6.07) is -2.88. The average molecular weight is 1440 g/mol. The van der Waals surface area contributed by atoms with E-state index in [1.54, 1.807) is 52.0 Å². The van der Waals surface area contributed by atoms with Crippen molar-refractivity contribution in [2.45, 2.75) is 145 Å². The number of benzene rings is 2. The van der Waals surface area contributed by atoms with Gasteiger partial charge in [0.1, 0.15) is 59.7 Å². The number of hydrogen-bond acceptors (Lipinski definition) is 21. The number of aliphatic hydroxyl groups is 3. The second kappa shape index (κ2) is 36.9. The fourth-order valence-electron chi connectivity index (χ4n) is 10.9. The summed E-state index contributed by atoms with van der Waals surface area (Å²) in [5, 5.41) is 56.7. The number of anilines is 1. The molecule has 37 nitrogen and oxygen atoms in total. The van der Waals surface area contributed by atoms with Crippen molar-refractivity contribution in [3.8, 4) is 5.75 Å². The molecule has 0 radical (unpaired) electrons. The molecule has 101 heavy (non-hydrogen) atoms. The second-order valence-corrected chi connectivity index (χ2v) is 26.8. The Morgan fingerprint density at radius 1 is 0.782 bits per heavy atom. The van der Waals surface area contributed by atoms with Gasteiger partial charge in [-0.25, -0.2) is 14.4 Å². The van der Waals surface area contributed by atoms with E-state index >= 15 is 4.21 Å². The molecule has 0 aliphatic carbocycles. The normalized spacial score (nSPS) is 22.7. The van der Waals surface area contributed by atoms with Gasteiger partial charge in [0.15, 0.2) is 0 Å². The maximum absolute atomic E-state index is 15.2. The highest BCUT2D eigenvalue weighted by Crippen LogP contribution is 2.31. The molecule has 1 aromatic heterocycles. The molecular formula is C63H91N17O20S. The maximum atomic E-state index is 15.2. The van der Waals surface area contributed by atoms with Crippen LogP contribution in [0.2, 0.25) is 0 Å². The molecule has 2 bridgehead atoms. The van der Waals surface area contributed by atoms with E-state index in [1.807, 2.05) is 0 Å². The van der Waals surface area contributed by atoms with Crippen LogP contribution in [-0.2, 0) is 81.3 Å². The number of urea groups is 1. The number of nitrogens with two attached hydrogens (primary N) is 3. The lowest BCUT2D eigenvalue weighted by Crippen LogP contribution is -2.62. The fourth-order valence-corrected chi connectivity index (χ4v) is 12.3. The second-order valence-electron chi connectivity index (χ2n) is 25.3. The molecule has 13 atom stereocenters. The lowest BCUT2D eigenvalue weighted by Gasteiger charge is -2.32. The molecule has 554 valence electrons. The molecule has 1 fully saturated rings. The van der Waals surface area contributed by atoms with Crippen LogP contribution in [0, 0.1) is 17.8 Å². The summed E-state index contributed by atoms with van der Waals surface area (Å²) in [4.78, 5) is 197. The van der Waals surface area contributed by atoms with Crippen molar-refractivity contribution in [3.05, 3.63) is 53.6 Å². The van der Waals surface area contributed by atoms with Crippen molar-refractivity contribution in [3.63, 3.8) is 0 Å². The number of H-pyrrole nitrogens is 1. The van der Waals surface area contributed by atoms with E-state index in [2.05, 4.69) is 58.2 Å². The van der Waals surface area contributed by atoms with Crippen molar-refractivity contribution >= 4 is 111 Å². The van der Waals surface area contributed by atoms with Crippen molar-refractivity contribution in [2.75, 3.05) is 71.0 Å². The first-order valence-electron chi connectivity index (χ1n) is 32.6. The van der Waals surface area contributed by atoms with Gasteiger partial charge in [0.2, 0.25) is 65.0 Å². The number of rotatable bonds is 22. The summed E-state index contributed by atoms with van der Waals surface area (Å²) in [7, 11) is 0.237. The maximum Gasteiger partial charge on any atom is 0.415 e. The summed E-state index contributed by atoms with van der Waals surface area (Å²) < 4.78 is 26.4. The Morgan fingerprint density at radius 3 is 2.07 bits per heavy atom. The number of likely N-dealkylation sites (N-methyl/N-ethyl adjacent to an activating group) is 2. The summed E-state index contributed by atoms with van der Waals surface area (Å²) >= 11 is 0. The quantitative estimate of drug-likeness (QED) is 0.0419. The van der Waals surface area contributed by atoms with E-state index in [-0.39, 0.29) is 65.8 Å². The largest absolute Gasteiger partial charge is 0.445 e. The molecule has 1 unspecified atom stereocenters. The van der Waals surface area contributed by atoms with Crippen molar-refractivity contribution in [1.82, 2.24) is 67.5 Å². The Bertz CT molecular complexity index is 3600. The van der Waals surface area contributed by atoms with Gasteiger partial charge in [-0.3, -0.25) is 56.9 Å². The van der Waals surface area contributed by atoms with E-state index < -0.39 is 218 Å². The minimum absolute atomic E-state index is 0.0301. The molecule has 3 aliphatic rings. The van der Waals surface area contributed by atoms with E-state index in [0.29, 0.717) is 24.1 Å². The number of carbonyl (C=O) groups is 14. The standard InChI is InChI=1S/C63H91N17O20S/c1-8-31(4)50-57(92)69-24-47(85)71-43-29-101(98)59-38(22-41(52(87)68-25-48(86)76-50)73-58(93)51(32(5)45(83)27-81)77-55(90)44-20-35(82)26-80(44)60(94)42(23-46(64)84)74-54(43)89)37-16-15-36(21-40(37)75-59)100-63(97)79(7)19-18-78(6)62(96)99-28-33-11-13-34(14-12-33)70-53(88)39(10-9-17-67-61(66)95)72-56(91)49(65)30(2)3/h11-16,21,30-32,35,39,41-45,49-51,75,81-83H,8-10,17-20,22-29,65H2,1-7H3,(H2,64,84)(H,68,87)(H,69,92)(H,70,88)(H,71,85)(H,72,91)(H,73,93)(H,74,89)(H,76,86)(H,77,90)(H3,66,67,95)/t31-,32-,35+,39?,41+,42-,43-,44-,45-,49-,50-,51-,101+/m0/s1. The van der Waals surface area contributed by atoms with Crippen LogP contribution in [0.1, 0.15) is 77.8 Å². The van der Waals surface area contributed by atoms with Crippen LogP contribution < -0.4 is 75.1 Å². The van der Waals surface area contributed by atoms with Gasteiger partial charge in [0, 0.05) is 76.2 Å². The summed E-state index contributed by atoms with van der Waals surface area (Å²) in [6.07, 6.45) is -6.14. The molecule has 0 saturated carbocycles. The van der Waals surface area contributed by atoms with Gasteiger partial charge in [0.25, 0.3) is 0 Å².